The molecule has 1 atom stereocenters. The first-order valence-electron chi connectivity index (χ1n) is 6.63. The average molecular weight is 248 g/mol. The third kappa shape index (κ3) is 3.57. The van der Waals surface area contributed by atoms with Crippen LogP contribution in [0.3, 0.4) is 0 Å². The van der Waals surface area contributed by atoms with E-state index >= 15 is 0 Å². The number of amides is 1. The third-order valence-electron chi connectivity index (χ3n) is 3.74. The van der Waals surface area contributed by atoms with Crippen molar-refractivity contribution in [2.24, 2.45) is 5.73 Å². The molecule has 3 nitrogen and oxygen atoms in total. The maximum absolute atomic E-state index is 12.3. The van der Waals surface area contributed by atoms with Crippen LogP contribution in [0.25, 0.3) is 0 Å². The minimum Gasteiger partial charge on any atom is -0.350 e. The van der Waals surface area contributed by atoms with Crippen molar-refractivity contribution in [3.05, 3.63) is 35.9 Å². The van der Waals surface area contributed by atoms with E-state index in [1.165, 1.54) is 0 Å². The molecule has 0 aliphatic carbocycles. The molecule has 1 aromatic carbocycles. The molecule has 1 unspecified atom stereocenters. The van der Waals surface area contributed by atoms with Crippen LogP contribution in [0.4, 0.5) is 0 Å². The Labute approximate surface area is 110 Å². The fourth-order valence-corrected chi connectivity index (χ4v) is 1.89. The molecule has 0 saturated heterocycles. The lowest BCUT2D eigenvalue weighted by molar-refractivity contribution is -0.124. The van der Waals surface area contributed by atoms with Gasteiger partial charge in [-0.15, -0.1) is 0 Å². The highest BCUT2D eigenvalue weighted by molar-refractivity contribution is 5.84. The van der Waals surface area contributed by atoms with Crippen LogP contribution >= 0.6 is 0 Å². The Balaban J connectivity index is 2.81. The summed E-state index contributed by atoms with van der Waals surface area (Å²) in [5, 5.41) is 3.12. The van der Waals surface area contributed by atoms with Crippen LogP contribution in [0.2, 0.25) is 0 Å². The van der Waals surface area contributed by atoms with Gasteiger partial charge in [-0.1, -0.05) is 44.2 Å². The molecule has 1 aromatic rings. The molecule has 3 N–H and O–H groups in total. The second kappa shape index (κ2) is 6.55. The molecule has 0 bridgehead atoms. The summed E-state index contributed by atoms with van der Waals surface area (Å²) in [5.41, 5.74) is 6.59. The summed E-state index contributed by atoms with van der Waals surface area (Å²) < 4.78 is 0. The van der Waals surface area contributed by atoms with Gasteiger partial charge >= 0.3 is 0 Å². The minimum absolute atomic E-state index is 0.0231. The maximum Gasteiger partial charge on any atom is 0.229 e. The molecular formula is C15H24N2O. The average Bonchev–Trinajstić information content (AvgIpc) is 2.40. The molecular weight excluding hydrogens is 224 g/mol. The van der Waals surface area contributed by atoms with Crippen molar-refractivity contribution < 1.29 is 4.79 Å². The van der Waals surface area contributed by atoms with E-state index in [-0.39, 0.29) is 17.4 Å². The molecule has 18 heavy (non-hydrogen) atoms. The van der Waals surface area contributed by atoms with E-state index in [1.807, 2.05) is 30.3 Å². The lowest BCUT2D eigenvalue weighted by atomic mass is 9.92. The number of nitrogens with one attached hydrogen (secondary N) is 1. The minimum atomic E-state index is -0.261. The van der Waals surface area contributed by atoms with E-state index in [0.29, 0.717) is 6.54 Å². The quantitative estimate of drug-likeness (QED) is 0.812. The zero-order valence-corrected chi connectivity index (χ0v) is 11.6. The van der Waals surface area contributed by atoms with Gasteiger partial charge in [-0.2, -0.15) is 0 Å². The van der Waals surface area contributed by atoms with E-state index in [9.17, 15) is 4.79 Å². The highest BCUT2D eigenvalue weighted by Gasteiger charge is 2.26. The van der Waals surface area contributed by atoms with Gasteiger partial charge in [0, 0.05) is 12.1 Å². The van der Waals surface area contributed by atoms with E-state index < -0.39 is 0 Å². The number of benzene rings is 1. The summed E-state index contributed by atoms with van der Waals surface area (Å²) >= 11 is 0. The van der Waals surface area contributed by atoms with Crippen molar-refractivity contribution in [3.63, 3.8) is 0 Å². The Kier molecular flexibility index (Phi) is 5.35. The molecule has 0 saturated carbocycles. The molecule has 0 spiro atoms. The lowest BCUT2D eigenvalue weighted by Gasteiger charge is -2.30. The molecule has 3 heteroatoms. The Morgan fingerprint density at radius 1 is 1.28 bits per heavy atom. The Hall–Kier alpha value is -1.35. The Morgan fingerprint density at radius 2 is 1.83 bits per heavy atom. The summed E-state index contributed by atoms with van der Waals surface area (Å²) in [7, 11) is 0. The van der Waals surface area contributed by atoms with Crippen molar-refractivity contribution >= 4 is 5.91 Å². The van der Waals surface area contributed by atoms with Gasteiger partial charge in [0.2, 0.25) is 5.91 Å². The zero-order valence-electron chi connectivity index (χ0n) is 11.6. The van der Waals surface area contributed by atoms with E-state index in [2.05, 4.69) is 26.1 Å². The largest absolute Gasteiger partial charge is 0.350 e. The molecule has 0 radical (unpaired) electrons. The molecule has 100 valence electrons. The summed E-state index contributed by atoms with van der Waals surface area (Å²) in [5.74, 6) is -0.237. The second-order valence-electron chi connectivity index (χ2n) is 4.96. The predicted octanol–water partition coefficient (Wildman–Crippen LogP) is 2.42. The second-order valence-corrected chi connectivity index (χ2v) is 4.96. The molecule has 1 amide bonds. The number of carbonyl (C=O) groups excluding carboxylic acids is 1. The van der Waals surface area contributed by atoms with E-state index in [4.69, 9.17) is 5.73 Å². The first-order valence-corrected chi connectivity index (χ1v) is 6.63. The van der Waals surface area contributed by atoms with Gasteiger partial charge in [0.05, 0.1) is 5.92 Å². The molecule has 0 fully saturated rings. The summed E-state index contributed by atoms with van der Waals surface area (Å²) in [6.45, 7) is 6.58. The lowest BCUT2D eigenvalue weighted by Crippen LogP contribution is -2.48. The fraction of sp³-hybridized carbons (Fsp3) is 0.533. The highest BCUT2D eigenvalue weighted by Crippen LogP contribution is 2.19. The van der Waals surface area contributed by atoms with Gasteiger partial charge < -0.3 is 11.1 Å². The smallest absolute Gasteiger partial charge is 0.229 e. The number of hydrogen-bond donors (Lipinski definition) is 2. The molecule has 1 rings (SSSR count). The Morgan fingerprint density at radius 3 is 2.28 bits per heavy atom. The van der Waals surface area contributed by atoms with Crippen molar-refractivity contribution in [2.75, 3.05) is 6.54 Å². The molecule has 0 aliphatic heterocycles. The molecule has 0 heterocycles. The SMILES string of the molecule is CCC(C)(CC)NC(=O)C(CN)c1ccccc1. The number of carbonyl (C=O) groups is 1. The third-order valence-corrected chi connectivity index (χ3v) is 3.74. The van der Waals surface area contributed by atoms with Crippen LogP contribution in [0.1, 0.15) is 45.1 Å². The zero-order chi connectivity index (χ0) is 13.6. The van der Waals surface area contributed by atoms with Crippen LogP contribution in [-0.4, -0.2) is 18.0 Å². The van der Waals surface area contributed by atoms with Crippen LogP contribution in [0.15, 0.2) is 30.3 Å². The standard InChI is InChI=1S/C15H24N2O/c1-4-15(3,5-2)17-14(18)13(11-16)12-9-7-6-8-10-12/h6-10,13H,4-5,11,16H2,1-3H3,(H,17,18). The number of nitrogens with two attached hydrogens (primary N) is 1. The van der Waals surface area contributed by atoms with Gasteiger partial charge in [0.15, 0.2) is 0 Å². The van der Waals surface area contributed by atoms with Crippen LogP contribution in [0.5, 0.6) is 0 Å². The van der Waals surface area contributed by atoms with E-state index in [0.717, 1.165) is 18.4 Å². The first kappa shape index (κ1) is 14.7. The van der Waals surface area contributed by atoms with Crippen molar-refractivity contribution in [3.8, 4) is 0 Å². The van der Waals surface area contributed by atoms with Crippen molar-refractivity contribution in [2.45, 2.75) is 45.1 Å². The van der Waals surface area contributed by atoms with Gasteiger partial charge in [0.25, 0.3) is 0 Å². The molecule has 0 aromatic heterocycles. The normalized spacial score (nSPS) is 13.1. The van der Waals surface area contributed by atoms with Crippen molar-refractivity contribution in [1.29, 1.82) is 0 Å². The summed E-state index contributed by atoms with van der Waals surface area (Å²) in [6, 6.07) is 9.71. The number of rotatable bonds is 6. The first-order chi connectivity index (χ1) is 8.56. The Bertz CT molecular complexity index is 371. The van der Waals surface area contributed by atoms with Crippen LogP contribution in [0, 0.1) is 0 Å². The van der Waals surface area contributed by atoms with Gasteiger partial charge in [-0.3, -0.25) is 4.79 Å². The highest BCUT2D eigenvalue weighted by atomic mass is 16.2. The maximum atomic E-state index is 12.3. The van der Waals surface area contributed by atoms with Gasteiger partial charge in [0.1, 0.15) is 0 Å². The predicted molar refractivity (Wildman–Crippen MR) is 75.4 cm³/mol. The van der Waals surface area contributed by atoms with E-state index in [1.54, 1.807) is 0 Å². The molecule has 0 aliphatic rings. The van der Waals surface area contributed by atoms with Crippen LogP contribution in [-0.2, 0) is 4.79 Å². The van der Waals surface area contributed by atoms with Gasteiger partial charge in [-0.05, 0) is 25.3 Å². The van der Waals surface area contributed by atoms with Gasteiger partial charge in [-0.25, -0.2) is 0 Å². The summed E-state index contributed by atoms with van der Waals surface area (Å²) in [6.07, 6.45) is 1.84. The fourth-order valence-electron chi connectivity index (χ4n) is 1.89. The van der Waals surface area contributed by atoms with Crippen LogP contribution < -0.4 is 11.1 Å². The monoisotopic (exact) mass is 248 g/mol. The number of hydrogen-bond acceptors (Lipinski definition) is 2. The summed E-state index contributed by atoms with van der Waals surface area (Å²) in [4.78, 5) is 12.3. The van der Waals surface area contributed by atoms with Crippen molar-refractivity contribution in [1.82, 2.24) is 5.32 Å². The topological polar surface area (TPSA) is 55.1 Å².